The van der Waals surface area contributed by atoms with Crippen LogP contribution in [0.4, 0.5) is 0 Å². The average Bonchev–Trinajstić information content (AvgIpc) is 3.30. The number of hydrogen-bond acceptors (Lipinski definition) is 5. The predicted octanol–water partition coefficient (Wildman–Crippen LogP) is 3.40. The zero-order valence-electron chi connectivity index (χ0n) is 14.3. The van der Waals surface area contributed by atoms with Gasteiger partial charge in [-0.2, -0.15) is 0 Å². The maximum Gasteiger partial charge on any atom is 0.231 e. The van der Waals surface area contributed by atoms with Crippen molar-refractivity contribution in [2.75, 3.05) is 12.5 Å². The number of amides is 1. The third-order valence-electron chi connectivity index (χ3n) is 4.18. The molecule has 2 aromatic carbocycles. The lowest BCUT2D eigenvalue weighted by atomic mass is 10.2. The van der Waals surface area contributed by atoms with E-state index in [0.29, 0.717) is 12.3 Å². The van der Waals surface area contributed by atoms with Gasteiger partial charge < -0.3 is 19.8 Å². The number of benzene rings is 2. The first-order valence-electron chi connectivity index (χ1n) is 8.40. The molecule has 1 amide bonds. The molecule has 1 aromatic heterocycles. The van der Waals surface area contributed by atoms with E-state index < -0.39 is 0 Å². The number of para-hydroxylation sites is 2. The SMILES string of the molecule is C[C@@H](SCC(=O)NCc1ccc2c(c1)OCO2)c1nc2ccccc2[nH]1. The fraction of sp³-hybridized carbons (Fsp3) is 0.263. The van der Waals surface area contributed by atoms with Crippen LogP contribution in [-0.4, -0.2) is 28.4 Å². The molecule has 6 nitrogen and oxygen atoms in total. The molecule has 4 rings (SSSR count). The molecule has 0 fully saturated rings. The summed E-state index contributed by atoms with van der Waals surface area (Å²) in [7, 11) is 0. The highest BCUT2D eigenvalue weighted by atomic mass is 32.2. The highest BCUT2D eigenvalue weighted by molar-refractivity contribution is 8.00. The molecule has 26 heavy (non-hydrogen) atoms. The number of thioether (sulfide) groups is 1. The molecule has 0 aliphatic carbocycles. The maximum absolute atomic E-state index is 12.1. The van der Waals surface area contributed by atoms with Crippen molar-refractivity contribution < 1.29 is 14.3 Å². The van der Waals surface area contributed by atoms with Crippen LogP contribution in [0, 0.1) is 0 Å². The van der Waals surface area contributed by atoms with E-state index >= 15 is 0 Å². The van der Waals surface area contributed by atoms with Crippen molar-refractivity contribution in [3.63, 3.8) is 0 Å². The maximum atomic E-state index is 12.1. The molecule has 1 atom stereocenters. The third-order valence-corrected chi connectivity index (χ3v) is 5.34. The Balaban J connectivity index is 1.28. The van der Waals surface area contributed by atoms with Crippen molar-refractivity contribution in [3.05, 3.63) is 53.9 Å². The van der Waals surface area contributed by atoms with Gasteiger partial charge in [0, 0.05) is 6.54 Å². The number of aromatic nitrogens is 2. The first kappa shape index (κ1) is 16.8. The lowest BCUT2D eigenvalue weighted by Gasteiger charge is -2.09. The van der Waals surface area contributed by atoms with Crippen molar-refractivity contribution in [2.24, 2.45) is 0 Å². The first-order chi connectivity index (χ1) is 12.7. The van der Waals surface area contributed by atoms with Gasteiger partial charge in [0.05, 0.1) is 22.0 Å². The second-order valence-corrected chi connectivity index (χ2v) is 7.39. The lowest BCUT2D eigenvalue weighted by Crippen LogP contribution is -2.24. The van der Waals surface area contributed by atoms with Gasteiger partial charge in [0.1, 0.15) is 5.82 Å². The van der Waals surface area contributed by atoms with Crippen molar-refractivity contribution in [1.82, 2.24) is 15.3 Å². The van der Waals surface area contributed by atoms with E-state index in [1.807, 2.05) is 49.4 Å². The molecule has 2 N–H and O–H groups in total. The van der Waals surface area contributed by atoms with Gasteiger partial charge in [-0.25, -0.2) is 4.98 Å². The number of H-pyrrole nitrogens is 1. The molecule has 0 spiro atoms. The van der Waals surface area contributed by atoms with Gasteiger partial charge >= 0.3 is 0 Å². The molecule has 1 aliphatic heterocycles. The van der Waals surface area contributed by atoms with Crippen LogP contribution in [0.5, 0.6) is 11.5 Å². The Morgan fingerprint density at radius 2 is 2.12 bits per heavy atom. The Morgan fingerprint density at radius 3 is 3.00 bits per heavy atom. The number of carbonyl (C=O) groups excluding carboxylic acids is 1. The lowest BCUT2D eigenvalue weighted by molar-refractivity contribution is -0.118. The molecule has 0 radical (unpaired) electrons. The summed E-state index contributed by atoms with van der Waals surface area (Å²) in [5.41, 5.74) is 2.95. The number of nitrogens with zero attached hydrogens (tertiary/aromatic N) is 1. The Morgan fingerprint density at radius 1 is 1.27 bits per heavy atom. The van der Waals surface area contributed by atoms with Gasteiger partial charge in [-0.05, 0) is 36.8 Å². The van der Waals surface area contributed by atoms with E-state index in [2.05, 4.69) is 15.3 Å². The minimum Gasteiger partial charge on any atom is -0.454 e. The summed E-state index contributed by atoms with van der Waals surface area (Å²) in [6.45, 7) is 2.77. The van der Waals surface area contributed by atoms with Crippen molar-refractivity contribution in [2.45, 2.75) is 18.7 Å². The van der Waals surface area contributed by atoms with Gasteiger partial charge in [-0.15, -0.1) is 11.8 Å². The van der Waals surface area contributed by atoms with Gasteiger partial charge in [-0.1, -0.05) is 18.2 Å². The largest absolute Gasteiger partial charge is 0.454 e. The van der Waals surface area contributed by atoms with Gasteiger partial charge in [0.2, 0.25) is 12.7 Å². The summed E-state index contributed by atoms with van der Waals surface area (Å²) in [5, 5.41) is 3.05. The van der Waals surface area contributed by atoms with Crippen molar-refractivity contribution in [3.8, 4) is 11.5 Å². The highest BCUT2D eigenvalue weighted by Gasteiger charge is 2.15. The smallest absolute Gasteiger partial charge is 0.231 e. The van der Waals surface area contributed by atoms with E-state index in [0.717, 1.165) is 33.9 Å². The third kappa shape index (κ3) is 3.62. The number of rotatable bonds is 6. The summed E-state index contributed by atoms with van der Waals surface area (Å²) in [6, 6.07) is 13.6. The minimum atomic E-state index is -0.00405. The number of nitrogens with one attached hydrogen (secondary N) is 2. The van der Waals surface area contributed by atoms with Gasteiger partial charge in [0.25, 0.3) is 0 Å². The molecule has 2 heterocycles. The normalized spacial score (nSPS) is 13.7. The molecule has 0 bridgehead atoms. The number of imidazole rings is 1. The Kier molecular flexibility index (Phi) is 4.71. The quantitative estimate of drug-likeness (QED) is 0.696. The van der Waals surface area contributed by atoms with E-state index in [4.69, 9.17) is 9.47 Å². The standard InChI is InChI=1S/C19H19N3O3S/c1-12(19-21-14-4-2-3-5-15(14)22-19)26-10-18(23)20-9-13-6-7-16-17(8-13)25-11-24-16/h2-8,12H,9-11H2,1H3,(H,20,23)(H,21,22)/t12-/m1/s1. The number of ether oxygens (including phenoxy) is 2. The summed E-state index contributed by atoms with van der Waals surface area (Å²) in [6.07, 6.45) is 0. The van der Waals surface area contributed by atoms with Crippen molar-refractivity contribution in [1.29, 1.82) is 0 Å². The number of hydrogen-bond donors (Lipinski definition) is 2. The molecular formula is C19H19N3O3S. The second kappa shape index (κ2) is 7.29. The summed E-state index contributed by atoms with van der Waals surface area (Å²) in [4.78, 5) is 20.0. The van der Waals surface area contributed by atoms with Crippen molar-refractivity contribution >= 4 is 28.7 Å². The van der Waals surface area contributed by atoms with Gasteiger partial charge in [-0.3, -0.25) is 4.79 Å². The fourth-order valence-electron chi connectivity index (χ4n) is 2.75. The molecule has 134 valence electrons. The Hall–Kier alpha value is -2.67. The molecule has 0 saturated heterocycles. The van der Waals surface area contributed by atoms with E-state index in [-0.39, 0.29) is 18.0 Å². The molecule has 7 heteroatoms. The van der Waals surface area contributed by atoms with Gasteiger partial charge in [0.15, 0.2) is 11.5 Å². The summed E-state index contributed by atoms with van der Waals surface area (Å²) < 4.78 is 10.6. The number of aromatic amines is 1. The van der Waals surface area contributed by atoms with E-state index in [1.54, 1.807) is 11.8 Å². The fourth-order valence-corrected chi connectivity index (χ4v) is 3.52. The van der Waals surface area contributed by atoms with Crippen LogP contribution < -0.4 is 14.8 Å². The zero-order chi connectivity index (χ0) is 17.9. The molecular weight excluding hydrogens is 350 g/mol. The van der Waals surface area contributed by atoms with Crippen LogP contribution in [0.1, 0.15) is 23.6 Å². The Labute approximate surface area is 155 Å². The first-order valence-corrected chi connectivity index (χ1v) is 9.45. The van der Waals surface area contributed by atoms with E-state index in [9.17, 15) is 4.79 Å². The number of carbonyl (C=O) groups is 1. The van der Waals surface area contributed by atoms with Crippen LogP contribution >= 0.6 is 11.8 Å². The monoisotopic (exact) mass is 369 g/mol. The zero-order valence-corrected chi connectivity index (χ0v) is 15.1. The average molecular weight is 369 g/mol. The second-order valence-electron chi connectivity index (χ2n) is 6.06. The number of fused-ring (bicyclic) bond motifs is 2. The molecule has 3 aromatic rings. The molecule has 1 aliphatic rings. The van der Waals surface area contributed by atoms with Crippen LogP contribution in [0.3, 0.4) is 0 Å². The molecule has 0 unspecified atom stereocenters. The Bertz CT molecular complexity index is 908. The topological polar surface area (TPSA) is 76.2 Å². The summed E-state index contributed by atoms with van der Waals surface area (Å²) >= 11 is 1.56. The van der Waals surface area contributed by atoms with Crippen LogP contribution in [-0.2, 0) is 11.3 Å². The highest BCUT2D eigenvalue weighted by Crippen LogP contribution is 2.32. The van der Waals surface area contributed by atoms with Crippen LogP contribution in [0.2, 0.25) is 0 Å². The summed E-state index contributed by atoms with van der Waals surface area (Å²) in [5.74, 6) is 2.73. The minimum absolute atomic E-state index is 0.00405. The predicted molar refractivity (Wildman–Crippen MR) is 101 cm³/mol. The van der Waals surface area contributed by atoms with E-state index in [1.165, 1.54) is 0 Å². The molecule has 0 saturated carbocycles. The van der Waals surface area contributed by atoms with Crippen LogP contribution in [0.15, 0.2) is 42.5 Å². The van der Waals surface area contributed by atoms with Crippen LogP contribution in [0.25, 0.3) is 11.0 Å².